The molecule has 0 radical (unpaired) electrons. The standard InChI is InChI=1S/C25H32ClF2N5O2S/c1-24(2,13-33-8-7-25(27,28)14-33)36-23-31-22-20(15(11-29-3)12-30-22)21(32(23)4)16-9-18(34-5)19(35-6)10-17(16)26/h9-12,21,30H,7-8,13-14H2,1-6H3. The normalized spacial score (nSPS) is 20.1. The highest BCUT2D eigenvalue weighted by Gasteiger charge is 2.41. The number of fused-ring (bicyclic) bond motifs is 1. The van der Waals surface area contributed by atoms with Gasteiger partial charge in [0.15, 0.2) is 16.7 Å². The summed E-state index contributed by atoms with van der Waals surface area (Å²) in [5, 5.41) is 1.29. The minimum absolute atomic E-state index is 0.0952. The molecule has 1 atom stereocenters. The van der Waals surface area contributed by atoms with Crippen LogP contribution in [0, 0.1) is 0 Å². The van der Waals surface area contributed by atoms with Crippen molar-refractivity contribution < 1.29 is 18.3 Å². The second kappa shape index (κ2) is 10.2. The number of aromatic nitrogens is 1. The average Bonchev–Trinajstić information content (AvgIpc) is 3.36. The predicted molar refractivity (Wildman–Crippen MR) is 143 cm³/mol. The molecular weight excluding hydrogens is 508 g/mol. The molecule has 1 aromatic carbocycles. The Balaban J connectivity index is 1.73. The van der Waals surface area contributed by atoms with Gasteiger partial charge in [-0.05, 0) is 19.9 Å². The number of alkyl halides is 2. The molecule has 7 nitrogen and oxygen atoms in total. The van der Waals surface area contributed by atoms with Gasteiger partial charge in [-0.3, -0.25) is 9.89 Å². The molecule has 1 saturated heterocycles. The number of hydrogen-bond acceptors (Lipinski definition) is 7. The van der Waals surface area contributed by atoms with E-state index in [-0.39, 0.29) is 23.8 Å². The summed E-state index contributed by atoms with van der Waals surface area (Å²) in [6, 6.07) is 3.34. The van der Waals surface area contributed by atoms with Crippen LogP contribution in [-0.2, 0) is 0 Å². The zero-order valence-corrected chi connectivity index (χ0v) is 22.9. The van der Waals surface area contributed by atoms with E-state index in [0.717, 1.165) is 21.9 Å². The smallest absolute Gasteiger partial charge is 0.261 e. The van der Waals surface area contributed by atoms with Crippen molar-refractivity contribution in [3.63, 3.8) is 0 Å². The first-order valence-corrected chi connectivity index (χ1v) is 12.8. The van der Waals surface area contributed by atoms with Crippen molar-refractivity contribution in [3.8, 4) is 11.5 Å². The number of amidine groups is 1. The number of nitrogens with zero attached hydrogens (tertiary/aromatic N) is 4. The Kier molecular flexibility index (Phi) is 7.60. The SMILES string of the molecule is CN=Cc1c[nH]c2c1C(c1cc(OC)c(OC)cc1Cl)N(C)C(SC(C)(C)CN1CCC(F)(F)C1)=N2. The third-order valence-electron chi connectivity index (χ3n) is 6.39. The van der Waals surface area contributed by atoms with Crippen LogP contribution in [0.25, 0.3) is 0 Å². The molecule has 1 fully saturated rings. The van der Waals surface area contributed by atoms with Gasteiger partial charge in [0.25, 0.3) is 5.92 Å². The first-order valence-electron chi connectivity index (χ1n) is 11.6. The van der Waals surface area contributed by atoms with Crippen molar-refractivity contribution in [2.45, 2.75) is 37.0 Å². The van der Waals surface area contributed by atoms with Gasteiger partial charge in [-0.25, -0.2) is 13.8 Å². The first kappa shape index (κ1) is 26.8. The molecule has 4 rings (SSSR count). The van der Waals surface area contributed by atoms with E-state index in [4.69, 9.17) is 26.1 Å². The van der Waals surface area contributed by atoms with Crippen molar-refractivity contribution in [2.75, 3.05) is 47.9 Å². The number of thioether (sulfide) groups is 1. The van der Waals surface area contributed by atoms with Crippen LogP contribution in [0.1, 0.15) is 43.0 Å². The van der Waals surface area contributed by atoms with Crippen molar-refractivity contribution in [2.24, 2.45) is 9.98 Å². The van der Waals surface area contributed by atoms with Gasteiger partial charge in [0, 0.05) is 73.5 Å². The van der Waals surface area contributed by atoms with Gasteiger partial charge in [-0.1, -0.05) is 23.4 Å². The fraction of sp³-hybridized carbons (Fsp3) is 0.520. The summed E-state index contributed by atoms with van der Waals surface area (Å²) >= 11 is 8.35. The summed E-state index contributed by atoms with van der Waals surface area (Å²) in [6.07, 6.45) is 3.57. The Morgan fingerprint density at radius 1 is 1.31 bits per heavy atom. The van der Waals surface area contributed by atoms with Crippen LogP contribution in [0.4, 0.5) is 14.6 Å². The Bertz CT molecular complexity index is 1180. The van der Waals surface area contributed by atoms with Crippen LogP contribution in [0.15, 0.2) is 28.3 Å². The van der Waals surface area contributed by atoms with E-state index in [1.807, 2.05) is 24.2 Å². The third kappa shape index (κ3) is 5.35. The summed E-state index contributed by atoms with van der Waals surface area (Å²) in [5.74, 6) is -0.794. The summed E-state index contributed by atoms with van der Waals surface area (Å²) in [4.78, 5) is 16.3. The molecule has 0 bridgehead atoms. The second-order valence-electron chi connectivity index (χ2n) is 9.71. The summed E-state index contributed by atoms with van der Waals surface area (Å²) < 4.78 is 38.2. The lowest BCUT2D eigenvalue weighted by molar-refractivity contribution is 0.0117. The Morgan fingerprint density at radius 3 is 2.61 bits per heavy atom. The molecule has 1 unspecified atom stereocenters. The molecule has 2 aliphatic heterocycles. The van der Waals surface area contributed by atoms with Crippen molar-refractivity contribution >= 4 is 40.6 Å². The van der Waals surface area contributed by atoms with Crippen LogP contribution in [0.2, 0.25) is 5.02 Å². The van der Waals surface area contributed by atoms with Crippen LogP contribution in [0.5, 0.6) is 11.5 Å². The summed E-state index contributed by atoms with van der Waals surface area (Å²) in [7, 11) is 6.84. The fourth-order valence-electron chi connectivity index (χ4n) is 4.84. The second-order valence-corrected chi connectivity index (χ2v) is 11.8. The van der Waals surface area contributed by atoms with Gasteiger partial charge < -0.3 is 19.4 Å². The van der Waals surface area contributed by atoms with Crippen molar-refractivity contribution in [1.29, 1.82) is 0 Å². The number of H-pyrrole nitrogens is 1. The van der Waals surface area contributed by atoms with Crippen LogP contribution in [0.3, 0.4) is 0 Å². The van der Waals surface area contributed by atoms with Gasteiger partial charge in [0.1, 0.15) is 5.82 Å². The van der Waals surface area contributed by atoms with Crippen molar-refractivity contribution in [3.05, 3.63) is 40.0 Å². The Morgan fingerprint density at radius 2 is 2.00 bits per heavy atom. The van der Waals surface area contributed by atoms with Crippen LogP contribution >= 0.6 is 23.4 Å². The van der Waals surface area contributed by atoms with E-state index in [0.29, 0.717) is 35.4 Å². The monoisotopic (exact) mass is 539 g/mol. The molecule has 0 saturated carbocycles. The summed E-state index contributed by atoms with van der Waals surface area (Å²) in [5.41, 5.74) is 2.67. The molecule has 1 aromatic heterocycles. The molecule has 196 valence electrons. The summed E-state index contributed by atoms with van der Waals surface area (Å²) in [6.45, 7) is 4.82. The molecule has 11 heteroatoms. The molecule has 3 heterocycles. The van der Waals surface area contributed by atoms with Crippen LogP contribution in [-0.4, -0.2) is 84.8 Å². The zero-order chi connectivity index (χ0) is 26.3. The Hall–Kier alpha value is -2.30. The third-order valence-corrected chi connectivity index (χ3v) is 7.96. The van der Waals surface area contributed by atoms with Gasteiger partial charge in [0.2, 0.25) is 0 Å². The molecule has 36 heavy (non-hydrogen) atoms. The maximum Gasteiger partial charge on any atom is 0.261 e. The van der Waals surface area contributed by atoms with E-state index >= 15 is 0 Å². The molecule has 0 spiro atoms. The van der Waals surface area contributed by atoms with E-state index in [1.54, 1.807) is 45.3 Å². The molecule has 0 amide bonds. The number of hydrogen-bond donors (Lipinski definition) is 1. The minimum Gasteiger partial charge on any atom is -0.493 e. The molecule has 2 aromatic rings. The maximum absolute atomic E-state index is 13.8. The quantitative estimate of drug-likeness (QED) is 0.463. The van der Waals surface area contributed by atoms with E-state index < -0.39 is 5.92 Å². The number of halogens is 3. The Labute approximate surface area is 219 Å². The van der Waals surface area contributed by atoms with E-state index in [1.165, 1.54) is 0 Å². The lowest BCUT2D eigenvalue weighted by Crippen LogP contribution is -2.40. The van der Waals surface area contributed by atoms with Gasteiger partial charge in [-0.15, -0.1) is 0 Å². The number of nitrogens with one attached hydrogen (secondary N) is 1. The number of likely N-dealkylation sites (tertiary alicyclic amines) is 1. The number of aromatic amines is 1. The number of aliphatic imine (C=N–C) groups is 2. The highest BCUT2D eigenvalue weighted by atomic mass is 35.5. The van der Waals surface area contributed by atoms with Gasteiger partial charge >= 0.3 is 0 Å². The minimum atomic E-state index is -2.62. The molecule has 0 aliphatic carbocycles. The largest absolute Gasteiger partial charge is 0.493 e. The number of benzene rings is 1. The maximum atomic E-state index is 13.8. The number of methoxy groups -OCH3 is 2. The topological polar surface area (TPSA) is 65.5 Å². The van der Waals surface area contributed by atoms with E-state index in [9.17, 15) is 8.78 Å². The average molecular weight is 540 g/mol. The lowest BCUT2D eigenvalue weighted by Gasteiger charge is -2.38. The fourth-order valence-corrected chi connectivity index (χ4v) is 6.23. The highest BCUT2D eigenvalue weighted by Crippen LogP contribution is 2.47. The zero-order valence-electron chi connectivity index (χ0n) is 21.4. The first-order chi connectivity index (χ1) is 17.0. The predicted octanol–water partition coefficient (Wildman–Crippen LogP) is 5.61. The number of ether oxygens (including phenoxy) is 2. The van der Waals surface area contributed by atoms with Gasteiger partial charge in [0.05, 0.1) is 31.8 Å². The van der Waals surface area contributed by atoms with E-state index in [2.05, 4.69) is 28.7 Å². The molecule has 2 aliphatic rings. The lowest BCUT2D eigenvalue weighted by atomic mass is 9.95. The highest BCUT2D eigenvalue weighted by molar-refractivity contribution is 8.14. The number of rotatable bonds is 7. The van der Waals surface area contributed by atoms with Gasteiger partial charge in [-0.2, -0.15) is 0 Å². The van der Waals surface area contributed by atoms with Crippen LogP contribution < -0.4 is 9.47 Å². The van der Waals surface area contributed by atoms with Crippen molar-refractivity contribution in [1.82, 2.24) is 14.8 Å². The molecular formula is C25H32ClF2N5O2S. The molecule has 1 N–H and O–H groups in total.